The van der Waals surface area contributed by atoms with Crippen LogP contribution >= 0.6 is 10.0 Å². The minimum absolute atomic E-state index is 0.477. The van der Waals surface area contributed by atoms with Crippen LogP contribution in [0.4, 0.5) is 16.2 Å². The molecule has 1 N–H and O–H groups in total. The molecule has 0 saturated carbocycles. The zero-order valence-electron chi connectivity index (χ0n) is 17.8. The maximum absolute atomic E-state index is 13.0. The second-order valence-corrected chi connectivity index (χ2v) is 13.0. The summed E-state index contributed by atoms with van der Waals surface area (Å²) in [7, 11) is -0.540. The molecule has 30 heavy (non-hydrogen) atoms. The third-order valence-corrected chi connectivity index (χ3v) is 6.20. The summed E-state index contributed by atoms with van der Waals surface area (Å²) in [4.78, 5) is 18.2. The molecule has 1 aromatic carbocycles. The van der Waals surface area contributed by atoms with Gasteiger partial charge in [0.05, 0.1) is 5.52 Å². The van der Waals surface area contributed by atoms with Crippen LogP contribution in [0.15, 0.2) is 42.6 Å². The average Bonchev–Trinajstić information content (AvgIpc) is 2.72. The highest BCUT2D eigenvalue weighted by molar-refractivity contribution is 8.32. The van der Waals surface area contributed by atoms with Gasteiger partial charge in [0.2, 0.25) is 11.9 Å². The zero-order chi connectivity index (χ0) is 21.1. The molecule has 4 rings (SSSR count). The minimum atomic E-state index is -0.540. The molecule has 1 saturated heterocycles. The Labute approximate surface area is 178 Å². The lowest BCUT2D eigenvalue weighted by Gasteiger charge is -2.40. The second-order valence-electron chi connectivity index (χ2n) is 8.56. The van der Waals surface area contributed by atoms with Gasteiger partial charge in [0, 0.05) is 50.2 Å². The van der Waals surface area contributed by atoms with Gasteiger partial charge in [-0.2, -0.15) is 9.37 Å². The van der Waals surface area contributed by atoms with Crippen molar-refractivity contribution < 1.29 is 4.39 Å². The van der Waals surface area contributed by atoms with Crippen LogP contribution in [0.2, 0.25) is 0 Å². The molecule has 0 unspecified atom stereocenters. The number of anilines is 2. The smallest absolute Gasteiger partial charge is 0.225 e. The van der Waals surface area contributed by atoms with E-state index >= 15 is 0 Å². The topological polar surface area (TPSA) is 57.2 Å². The van der Waals surface area contributed by atoms with E-state index in [2.05, 4.69) is 49.9 Å². The summed E-state index contributed by atoms with van der Waals surface area (Å²) < 4.78 is 13.0. The van der Waals surface area contributed by atoms with E-state index in [0.29, 0.717) is 12.5 Å². The highest BCUT2D eigenvalue weighted by Gasteiger charge is 2.22. The van der Waals surface area contributed by atoms with Gasteiger partial charge in [-0.05, 0) is 42.5 Å². The fourth-order valence-electron chi connectivity index (χ4n) is 3.71. The van der Waals surface area contributed by atoms with Crippen molar-refractivity contribution in [1.29, 1.82) is 0 Å². The van der Waals surface area contributed by atoms with Crippen LogP contribution in [0.25, 0.3) is 10.9 Å². The van der Waals surface area contributed by atoms with Gasteiger partial charge in [0.25, 0.3) is 0 Å². The Balaban J connectivity index is 1.53. The van der Waals surface area contributed by atoms with Gasteiger partial charge in [-0.3, -0.25) is 4.90 Å². The number of benzene rings is 1. The van der Waals surface area contributed by atoms with Gasteiger partial charge in [-0.25, -0.2) is 20.0 Å². The summed E-state index contributed by atoms with van der Waals surface area (Å²) in [6, 6.07) is 11.2. The van der Waals surface area contributed by atoms with Crippen LogP contribution in [0, 0.1) is 5.95 Å². The van der Waals surface area contributed by atoms with E-state index in [1.807, 2.05) is 18.2 Å². The van der Waals surface area contributed by atoms with Crippen LogP contribution in [-0.2, 0) is 6.54 Å². The number of halogens is 1. The van der Waals surface area contributed by atoms with Crippen LogP contribution < -0.4 is 10.2 Å². The van der Waals surface area contributed by atoms with E-state index < -0.39 is 16.0 Å². The first-order valence-corrected chi connectivity index (χ1v) is 13.1. The third-order valence-electron chi connectivity index (χ3n) is 5.06. The summed E-state index contributed by atoms with van der Waals surface area (Å²) in [5.74, 6) is 2.26. The number of pyridine rings is 1. The molecule has 160 valence electrons. The summed E-state index contributed by atoms with van der Waals surface area (Å²) in [5.41, 5.74) is 1.80. The third kappa shape index (κ3) is 5.17. The normalized spacial score (nSPS) is 16.1. The number of fused-ring (bicyclic) bond motifs is 1. The number of rotatable bonds is 6. The van der Waals surface area contributed by atoms with Gasteiger partial charge < -0.3 is 10.2 Å². The summed E-state index contributed by atoms with van der Waals surface area (Å²) in [5, 5.41) is 4.34. The quantitative estimate of drug-likeness (QED) is 0.606. The van der Waals surface area contributed by atoms with E-state index in [9.17, 15) is 4.39 Å². The number of hydrogen-bond acceptors (Lipinski definition) is 6. The Bertz CT molecular complexity index is 997. The van der Waals surface area contributed by atoms with Crippen molar-refractivity contribution in [2.45, 2.75) is 6.54 Å². The lowest BCUT2D eigenvalue weighted by molar-refractivity contribution is 0.299. The maximum atomic E-state index is 13.0. The molecule has 0 spiro atoms. The SMILES string of the molecule is CS(C)(C)CN1CCN(c2nc(NCc3ccc(F)nc3)nc3ccccc23)CC1. The van der Waals surface area contributed by atoms with Gasteiger partial charge in [-0.1, -0.05) is 18.2 Å². The second kappa shape index (κ2) is 8.73. The average molecular weight is 429 g/mol. The van der Waals surface area contributed by atoms with E-state index in [1.165, 1.54) is 18.1 Å². The molecule has 1 aliphatic rings. The van der Waals surface area contributed by atoms with E-state index in [1.54, 1.807) is 6.07 Å². The number of nitrogens with zero attached hydrogens (tertiary/aromatic N) is 5. The fraction of sp³-hybridized carbons (Fsp3) is 0.409. The Kier molecular flexibility index (Phi) is 6.06. The van der Waals surface area contributed by atoms with Crippen molar-refractivity contribution in [3.63, 3.8) is 0 Å². The number of piperazine rings is 1. The monoisotopic (exact) mass is 428 g/mol. The molecule has 0 aliphatic carbocycles. The number of aromatic nitrogens is 3. The minimum Gasteiger partial charge on any atom is -0.353 e. The number of hydrogen-bond donors (Lipinski definition) is 1. The van der Waals surface area contributed by atoms with Gasteiger partial charge in [-0.15, -0.1) is 0 Å². The first-order chi connectivity index (χ1) is 14.4. The van der Waals surface area contributed by atoms with Gasteiger partial charge in [0.1, 0.15) is 5.82 Å². The fourth-order valence-corrected chi connectivity index (χ4v) is 5.06. The van der Waals surface area contributed by atoms with Crippen molar-refractivity contribution in [1.82, 2.24) is 19.9 Å². The Morgan fingerprint density at radius 1 is 1.00 bits per heavy atom. The van der Waals surface area contributed by atoms with Crippen LogP contribution in [0.5, 0.6) is 0 Å². The molecule has 3 aromatic rings. The Morgan fingerprint density at radius 3 is 2.47 bits per heavy atom. The zero-order valence-corrected chi connectivity index (χ0v) is 18.6. The molecule has 0 atom stereocenters. The first kappa shape index (κ1) is 20.8. The standard InChI is InChI=1S/C22H29FN6S/c1-30(2,3)16-28-10-12-29(13-11-28)21-18-6-4-5-7-19(18)26-22(27-21)25-15-17-8-9-20(23)24-14-17/h4-9,14H,10-13,15-16H2,1-3H3,(H,25,26,27). The van der Waals surface area contributed by atoms with E-state index in [-0.39, 0.29) is 0 Å². The van der Waals surface area contributed by atoms with E-state index in [4.69, 9.17) is 4.98 Å². The summed E-state index contributed by atoms with van der Waals surface area (Å²) in [6.07, 6.45) is 8.63. The molecule has 2 aromatic heterocycles. The number of nitrogens with one attached hydrogen (secondary N) is 1. The lowest BCUT2D eigenvalue weighted by atomic mass is 10.2. The number of para-hydroxylation sites is 1. The molecule has 8 heteroatoms. The summed E-state index contributed by atoms with van der Waals surface area (Å²) >= 11 is 0. The maximum Gasteiger partial charge on any atom is 0.225 e. The predicted molar refractivity (Wildman–Crippen MR) is 125 cm³/mol. The molecule has 1 fully saturated rings. The predicted octanol–water partition coefficient (Wildman–Crippen LogP) is 3.55. The molecular weight excluding hydrogens is 399 g/mol. The van der Waals surface area contributed by atoms with E-state index in [0.717, 1.165) is 48.5 Å². The van der Waals surface area contributed by atoms with Gasteiger partial charge in [0.15, 0.2) is 0 Å². The molecule has 3 heterocycles. The van der Waals surface area contributed by atoms with Crippen molar-refractivity contribution >= 4 is 32.7 Å². The highest BCUT2D eigenvalue weighted by atomic mass is 32.3. The van der Waals surface area contributed by atoms with Crippen LogP contribution in [0.1, 0.15) is 5.56 Å². The van der Waals surface area contributed by atoms with Crippen molar-refractivity contribution in [2.75, 3.05) is 61.0 Å². The van der Waals surface area contributed by atoms with Crippen LogP contribution in [0.3, 0.4) is 0 Å². The molecule has 6 nitrogen and oxygen atoms in total. The molecule has 0 amide bonds. The molecule has 0 bridgehead atoms. The summed E-state index contributed by atoms with van der Waals surface area (Å²) in [6.45, 7) is 4.50. The first-order valence-electron chi connectivity index (χ1n) is 10.1. The highest BCUT2D eigenvalue weighted by Crippen LogP contribution is 2.36. The van der Waals surface area contributed by atoms with Crippen molar-refractivity contribution in [2.24, 2.45) is 0 Å². The molecule has 1 aliphatic heterocycles. The Morgan fingerprint density at radius 2 is 1.77 bits per heavy atom. The molecular formula is C22H29FN6S. The Hall–Kier alpha value is -2.45. The largest absolute Gasteiger partial charge is 0.353 e. The van der Waals surface area contributed by atoms with Crippen molar-refractivity contribution in [3.8, 4) is 0 Å². The molecule has 0 radical (unpaired) electrons. The van der Waals surface area contributed by atoms with Crippen molar-refractivity contribution in [3.05, 3.63) is 54.1 Å². The van der Waals surface area contributed by atoms with Crippen LogP contribution in [-0.4, -0.2) is 70.7 Å². The van der Waals surface area contributed by atoms with Gasteiger partial charge >= 0.3 is 0 Å². The lowest BCUT2D eigenvalue weighted by Crippen LogP contribution is -2.47.